The number of aliphatic hydroxyl groups is 1. The Morgan fingerprint density at radius 1 is 1.22 bits per heavy atom. The first-order valence-electron chi connectivity index (χ1n) is 9.74. The highest BCUT2D eigenvalue weighted by atomic mass is 35.5. The first-order valence-corrected chi connectivity index (χ1v) is 10.1. The molecule has 1 fully saturated rings. The Bertz CT molecular complexity index is 1210. The fourth-order valence-electron chi connectivity index (χ4n) is 3.52. The van der Waals surface area contributed by atoms with Crippen LogP contribution in [0.1, 0.15) is 22.9 Å². The Kier molecular flexibility index (Phi) is 5.83. The number of aliphatic hydroxyl groups excluding tert-OH is 1. The lowest BCUT2D eigenvalue weighted by Crippen LogP contribution is -2.29. The number of halogens is 1. The van der Waals surface area contributed by atoms with E-state index in [0.717, 1.165) is 0 Å². The lowest BCUT2D eigenvalue weighted by Gasteiger charge is -2.23. The summed E-state index contributed by atoms with van der Waals surface area (Å²) in [5.74, 6) is -0.690. The van der Waals surface area contributed by atoms with E-state index >= 15 is 0 Å². The van der Waals surface area contributed by atoms with Gasteiger partial charge in [0.05, 0.1) is 11.6 Å². The van der Waals surface area contributed by atoms with Gasteiger partial charge in [0.25, 0.3) is 5.78 Å². The summed E-state index contributed by atoms with van der Waals surface area (Å²) >= 11 is 5.95. The van der Waals surface area contributed by atoms with Gasteiger partial charge in [-0.2, -0.15) is 0 Å². The van der Waals surface area contributed by atoms with E-state index in [1.165, 1.54) is 4.90 Å². The highest BCUT2D eigenvalue weighted by molar-refractivity contribution is 6.51. The molecule has 1 N–H and O–H groups in total. The minimum absolute atomic E-state index is 0.0577. The molecule has 0 bridgehead atoms. The maximum absolute atomic E-state index is 13.0. The predicted molar refractivity (Wildman–Crippen MR) is 120 cm³/mol. The smallest absolute Gasteiger partial charge is 0.301 e. The van der Waals surface area contributed by atoms with Gasteiger partial charge in [0, 0.05) is 16.7 Å². The third-order valence-corrected chi connectivity index (χ3v) is 5.24. The summed E-state index contributed by atoms with van der Waals surface area (Å²) in [7, 11) is 0. The monoisotopic (exact) mass is 450 g/mol. The van der Waals surface area contributed by atoms with Crippen molar-refractivity contribution < 1.29 is 24.0 Å². The van der Waals surface area contributed by atoms with E-state index in [1.807, 2.05) is 0 Å². The Morgan fingerprint density at radius 2 is 1.91 bits per heavy atom. The van der Waals surface area contributed by atoms with Crippen LogP contribution in [0.4, 0.5) is 5.82 Å². The highest BCUT2D eigenvalue weighted by Crippen LogP contribution is 2.42. The number of anilines is 1. The predicted octanol–water partition coefficient (Wildman–Crippen LogP) is 4.83. The number of carbonyl (C=O) groups is 2. The van der Waals surface area contributed by atoms with Crippen LogP contribution in [-0.2, 0) is 9.59 Å². The van der Waals surface area contributed by atoms with E-state index in [2.05, 4.69) is 11.7 Å². The minimum Gasteiger partial charge on any atom is -0.507 e. The largest absolute Gasteiger partial charge is 0.507 e. The van der Waals surface area contributed by atoms with Crippen molar-refractivity contribution in [3.8, 4) is 5.75 Å². The number of aryl methyl sites for hydroxylation is 1. The standard InChI is InChI=1S/C24H19ClN2O5/c1-3-12-31-18-10-6-15(7-11-18)21-20(22(28)16-4-8-17(25)9-5-16)23(29)24(30)27(21)19-13-14(2)32-26-19/h3-11,13,21,28H,1,12H2,2H3/b22-20+/t21-/m1/s1. The number of hydrogen-bond acceptors (Lipinski definition) is 6. The molecule has 8 heteroatoms. The van der Waals surface area contributed by atoms with Crippen molar-refractivity contribution in [2.75, 3.05) is 11.5 Å². The summed E-state index contributed by atoms with van der Waals surface area (Å²) in [4.78, 5) is 27.3. The summed E-state index contributed by atoms with van der Waals surface area (Å²) in [6, 6.07) is 13.9. The number of carbonyl (C=O) groups excluding carboxylic acids is 2. The van der Waals surface area contributed by atoms with Crippen molar-refractivity contribution >= 4 is 34.9 Å². The number of ketones is 1. The second-order valence-electron chi connectivity index (χ2n) is 7.14. The van der Waals surface area contributed by atoms with E-state index < -0.39 is 17.7 Å². The molecule has 32 heavy (non-hydrogen) atoms. The lowest BCUT2D eigenvalue weighted by molar-refractivity contribution is -0.132. The molecule has 2 heterocycles. The zero-order chi connectivity index (χ0) is 22.8. The average Bonchev–Trinajstić information content (AvgIpc) is 3.33. The topological polar surface area (TPSA) is 92.9 Å². The zero-order valence-electron chi connectivity index (χ0n) is 17.1. The van der Waals surface area contributed by atoms with Crippen LogP contribution in [0, 0.1) is 6.92 Å². The van der Waals surface area contributed by atoms with Crippen LogP contribution in [0.5, 0.6) is 5.75 Å². The molecule has 0 unspecified atom stereocenters. The van der Waals surface area contributed by atoms with Crippen LogP contribution in [-0.4, -0.2) is 28.6 Å². The second-order valence-corrected chi connectivity index (χ2v) is 7.58. The summed E-state index contributed by atoms with van der Waals surface area (Å²) in [5.41, 5.74) is 0.892. The second kappa shape index (κ2) is 8.72. The molecule has 1 atom stereocenters. The molecule has 3 aromatic rings. The van der Waals surface area contributed by atoms with Crippen LogP contribution >= 0.6 is 11.6 Å². The third-order valence-electron chi connectivity index (χ3n) is 4.99. The highest BCUT2D eigenvalue weighted by Gasteiger charge is 2.48. The molecule has 1 aliphatic heterocycles. The molecule has 7 nitrogen and oxygen atoms in total. The van der Waals surface area contributed by atoms with Gasteiger partial charge in [0.2, 0.25) is 0 Å². The first-order chi connectivity index (χ1) is 15.4. The summed E-state index contributed by atoms with van der Waals surface area (Å²) in [6.45, 7) is 5.64. The molecule has 1 aliphatic rings. The molecular weight excluding hydrogens is 432 g/mol. The summed E-state index contributed by atoms with van der Waals surface area (Å²) in [5, 5.41) is 15.4. The van der Waals surface area contributed by atoms with E-state index in [0.29, 0.717) is 34.3 Å². The first kappa shape index (κ1) is 21.4. The molecule has 1 saturated heterocycles. The van der Waals surface area contributed by atoms with E-state index in [4.69, 9.17) is 20.9 Å². The molecule has 0 aliphatic carbocycles. The SMILES string of the molecule is C=CCOc1ccc([C@@H]2/C(=C(\O)c3ccc(Cl)cc3)C(=O)C(=O)N2c2cc(C)on2)cc1. The molecule has 0 spiro atoms. The fourth-order valence-corrected chi connectivity index (χ4v) is 3.64. The third kappa shape index (κ3) is 3.90. The van der Waals surface area contributed by atoms with Crippen LogP contribution in [0.25, 0.3) is 5.76 Å². The van der Waals surface area contributed by atoms with Gasteiger partial charge >= 0.3 is 5.91 Å². The van der Waals surface area contributed by atoms with E-state index in [9.17, 15) is 14.7 Å². The van der Waals surface area contributed by atoms with Gasteiger partial charge in [-0.25, -0.2) is 0 Å². The molecule has 0 radical (unpaired) electrons. The maximum atomic E-state index is 13.0. The number of rotatable bonds is 6. The van der Waals surface area contributed by atoms with Gasteiger partial charge in [-0.05, 0) is 48.9 Å². The Balaban J connectivity index is 1.86. The van der Waals surface area contributed by atoms with Gasteiger partial charge in [-0.3, -0.25) is 14.5 Å². The number of amides is 1. The Hall–Kier alpha value is -3.84. The molecule has 162 valence electrons. The van der Waals surface area contributed by atoms with Crippen LogP contribution in [0.2, 0.25) is 5.02 Å². The number of aromatic nitrogens is 1. The van der Waals surface area contributed by atoms with Crippen molar-refractivity contribution in [1.82, 2.24) is 5.16 Å². The fraction of sp³-hybridized carbons (Fsp3) is 0.125. The van der Waals surface area contributed by atoms with Gasteiger partial charge in [0.1, 0.15) is 23.9 Å². The molecule has 4 rings (SSSR count). The maximum Gasteiger partial charge on any atom is 0.301 e. The molecule has 2 aromatic carbocycles. The van der Waals surface area contributed by atoms with Gasteiger partial charge < -0.3 is 14.4 Å². The number of Topliss-reactive ketones (excluding diaryl/α,β-unsaturated/α-hetero) is 1. The molecular formula is C24H19ClN2O5. The van der Waals surface area contributed by atoms with E-state index in [1.54, 1.807) is 67.6 Å². The molecule has 0 saturated carbocycles. The van der Waals surface area contributed by atoms with Gasteiger partial charge in [-0.1, -0.05) is 41.5 Å². The van der Waals surface area contributed by atoms with Crippen molar-refractivity contribution in [3.63, 3.8) is 0 Å². The zero-order valence-corrected chi connectivity index (χ0v) is 17.9. The lowest BCUT2D eigenvalue weighted by atomic mass is 9.95. The average molecular weight is 451 g/mol. The van der Waals surface area contributed by atoms with Crippen molar-refractivity contribution in [1.29, 1.82) is 0 Å². The van der Waals surface area contributed by atoms with Crippen molar-refractivity contribution in [2.24, 2.45) is 0 Å². The van der Waals surface area contributed by atoms with Gasteiger partial charge in [0.15, 0.2) is 5.82 Å². The molecule has 1 aromatic heterocycles. The summed E-state index contributed by atoms with van der Waals surface area (Å²) < 4.78 is 10.6. The van der Waals surface area contributed by atoms with Crippen LogP contribution in [0.3, 0.4) is 0 Å². The van der Waals surface area contributed by atoms with E-state index in [-0.39, 0.29) is 17.2 Å². The molecule has 1 amide bonds. The quantitative estimate of drug-likeness (QED) is 0.250. The number of ether oxygens (including phenoxy) is 1. The Morgan fingerprint density at radius 3 is 2.50 bits per heavy atom. The number of nitrogens with zero attached hydrogens (tertiary/aromatic N) is 2. The minimum atomic E-state index is -0.913. The van der Waals surface area contributed by atoms with Crippen molar-refractivity contribution in [2.45, 2.75) is 13.0 Å². The number of benzene rings is 2. The van der Waals surface area contributed by atoms with Crippen molar-refractivity contribution in [3.05, 3.63) is 94.7 Å². The normalized spacial score (nSPS) is 17.6. The number of hydrogen-bond donors (Lipinski definition) is 1. The Labute approximate surface area is 189 Å². The van der Waals surface area contributed by atoms with Crippen LogP contribution < -0.4 is 9.64 Å². The summed E-state index contributed by atoms with van der Waals surface area (Å²) in [6.07, 6.45) is 1.63. The van der Waals surface area contributed by atoms with Crippen LogP contribution in [0.15, 0.2) is 77.3 Å². The van der Waals surface area contributed by atoms with Gasteiger partial charge in [-0.15, -0.1) is 0 Å².